The molecule has 1 unspecified atom stereocenters. The number of allylic oxidation sites excluding steroid dienone is 1. The van der Waals surface area contributed by atoms with Crippen molar-refractivity contribution in [3.8, 4) is 0 Å². The van der Waals surface area contributed by atoms with Crippen LogP contribution in [0.3, 0.4) is 0 Å². The van der Waals surface area contributed by atoms with Crippen molar-refractivity contribution in [1.82, 2.24) is 10.3 Å². The van der Waals surface area contributed by atoms with E-state index < -0.39 is 0 Å². The van der Waals surface area contributed by atoms with Gasteiger partial charge >= 0.3 is 0 Å². The van der Waals surface area contributed by atoms with Gasteiger partial charge in [-0.05, 0) is 25.7 Å². The van der Waals surface area contributed by atoms with Gasteiger partial charge in [0.05, 0.1) is 10.7 Å². The van der Waals surface area contributed by atoms with Gasteiger partial charge in [-0.3, -0.25) is 0 Å². The van der Waals surface area contributed by atoms with Crippen LogP contribution in [0.4, 0.5) is 0 Å². The highest BCUT2D eigenvalue weighted by Crippen LogP contribution is 2.11. The highest BCUT2D eigenvalue weighted by molar-refractivity contribution is 7.09. The molecule has 0 saturated heterocycles. The van der Waals surface area contributed by atoms with Crippen LogP contribution in [0.2, 0.25) is 0 Å². The largest absolute Gasteiger partial charge is 0.308 e. The molecule has 1 heterocycles. The zero-order chi connectivity index (χ0) is 11.8. The fourth-order valence-electron chi connectivity index (χ4n) is 1.61. The molecule has 1 N–H and O–H groups in total. The van der Waals surface area contributed by atoms with Gasteiger partial charge in [0, 0.05) is 18.0 Å². The van der Waals surface area contributed by atoms with E-state index in [1.165, 1.54) is 23.5 Å². The van der Waals surface area contributed by atoms with Crippen molar-refractivity contribution < 1.29 is 0 Å². The summed E-state index contributed by atoms with van der Waals surface area (Å²) in [5.74, 6) is 0. The number of nitrogens with zero attached hydrogens (tertiary/aromatic N) is 1. The molecule has 1 atom stereocenters. The molecule has 0 aromatic carbocycles. The third-order valence-corrected chi connectivity index (χ3v) is 3.73. The van der Waals surface area contributed by atoms with Crippen LogP contribution < -0.4 is 5.32 Å². The maximum atomic E-state index is 4.55. The minimum absolute atomic E-state index is 0.588. The van der Waals surface area contributed by atoms with Gasteiger partial charge in [0.1, 0.15) is 0 Å². The summed E-state index contributed by atoms with van der Waals surface area (Å²) in [5.41, 5.74) is 1.18. The maximum Gasteiger partial charge on any atom is 0.0926 e. The molecule has 0 aliphatic rings. The van der Waals surface area contributed by atoms with Gasteiger partial charge in [0.15, 0.2) is 0 Å². The number of rotatable bonds is 8. The fourth-order valence-corrected chi connectivity index (χ4v) is 2.36. The minimum atomic E-state index is 0.588. The molecule has 3 heteroatoms. The third kappa shape index (κ3) is 4.45. The molecule has 0 bridgehead atoms. The molecule has 1 aromatic heterocycles. The maximum absolute atomic E-state index is 4.55. The molecular weight excluding hydrogens is 216 g/mol. The molecule has 0 amide bonds. The minimum Gasteiger partial charge on any atom is -0.308 e. The van der Waals surface area contributed by atoms with Crippen LogP contribution in [0, 0.1) is 0 Å². The monoisotopic (exact) mass is 238 g/mol. The first-order chi connectivity index (χ1) is 7.80. The van der Waals surface area contributed by atoms with Gasteiger partial charge in [-0.1, -0.05) is 19.9 Å². The SMILES string of the molecule is C=CCCC(CC)NCc1csc(CC)n1. The van der Waals surface area contributed by atoms with Gasteiger partial charge < -0.3 is 5.32 Å². The van der Waals surface area contributed by atoms with E-state index in [1.807, 2.05) is 6.08 Å². The Morgan fingerprint density at radius 1 is 1.56 bits per heavy atom. The summed E-state index contributed by atoms with van der Waals surface area (Å²) >= 11 is 1.76. The number of nitrogens with one attached hydrogen (secondary N) is 1. The van der Waals surface area contributed by atoms with Gasteiger partial charge in [-0.2, -0.15) is 0 Å². The second-order valence-electron chi connectivity index (χ2n) is 3.94. The van der Waals surface area contributed by atoms with E-state index in [0.29, 0.717) is 6.04 Å². The molecule has 0 fully saturated rings. The van der Waals surface area contributed by atoms with Gasteiger partial charge in [0.25, 0.3) is 0 Å². The molecule has 0 spiro atoms. The fraction of sp³-hybridized carbons (Fsp3) is 0.615. The molecule has 2 nitrogen and oxygen atoms in total. The lowest BCUT2D eigenvalue weighted by Gasteiger charge is -2.14. The van der Waals surface area contributed by atoms with Crippen molar-refractivity contribution >= 4 is 11.3 Å². The Morgan fingerprint density at radius 3 is 2.94 bits per heavy atom. The molecule has 16 heavy (non-hydrogen) atoms. The predicted molar refractivity (Wildman–Crippen MR) is 71.8 cm³/mol. The van der Waals surface area contributed by atoms with E-state index in [2.05, 4.69) is 36.1 Å². The summed E-state index contributed by atoms with van der Waals surface area (Å²) in [6.07, 6.45) is 6.45. The number of aromatic nitrogens is 1. The molecule has 0 radical (unpaired) electrons. The van der Waals surface area contributed by atoms with E-state index in [0.717, 1.165) is 19.4 Å². The smallest absolute Gasteiger partial charge is 0.0926 e. The number of aryl methyl sites for hydroxylation is 1. The van der Waals surface area contributed by atoms with E-state index in [4.69, 9.17) is 0 Å². The standard InChI is InChI=1S/C13H22N2S/c1-4-7-8-11(5-2)14-9-12-10-16-13(6-3)15-12/h4,10-11,14H,1,5-9H2,2-3H3. The number of thiazole rings is 1. The van der Waals surface area contributed by atoms with Crippen LogP contribution in [0.15, 0.2) is 18.0 Å². The first-order valence-corrected chi connectivity index (χ1v) is 6.95. The predicted octanol–water partition coefficient (Wildman–Crippen LogP) is 3.54. The Morgan fingerprint density at radius 2 is 2.38 bits per heavy atom. The molecule has 0 saturated carbocycles. The lowest BCUT2D eigenvalue weighted by molar-refractivity contribution is 0.467. The first-order valence-electron chi connectivity index (χ1n) is 6.07. The summed E-state index contributed by atoms with van der Waals surface area (Å²) in [4.78, 5) is 4.55. The Balaban J connectivity index is 2.33. The Kier molecular flexibility index (Phi) is 6.34. The summed E-state index contributed by atoms with van der Waals surface area (Å²) < 4.78 is 0. The molecular formula is C13H22N2S. The summed E-state index contributed by atoms with van der Waals surface area (Å²) in [7, 11) is 0. The second-order valence-corrected chi connectivity index (χ2v) is 4.88. The summed E-state index contributed by atoms with van der Waals surface area (Å²) in [5, 5.41) is 6.95. The van der Waals surface area contributed by atoms with E-state index >= 15 is 0 Å². The summed E-state index contributed by atoms with van der Waals surface area (Å²) in [6.45, 7) is 9.03. The molecule has 0 aliphatic heterocycles. The normalized spacial score (nSPS) is 12.6. The molecule has 1 rings (SSSR count). The van der Waals surface area contributed by atoms with Crippen LogP contribution in [0.5, 0.6) is 0 Å². The Hall–Kier alpha value is -0.670. The van der Waals surface area contributed by atoms with Crippen LogP contribution in [0.25, 0.3) is 0 Å². The average molecular weight is 238 g/mol. The van der Waals surface area contributed by atoms with E-state index in [1.54, 1.807) is 11.3 Å². The van der Waals surface area contributed by atoms with Crippen molar-refractivity contribution in [2.24, 2.45) is 0 Å². The lowest BCUT2D eigenvalue weighted by Crippen LogP contribution is -2.27. The topological polar surface area (TPSA) is 24.9 Å². The Bertz CT molecular complexity index is 307. The molecule has 90 valence electrons. The van der Waals surface area contributed by atoms with Crippen LogP contribution in [-0.4, -0.2) is 11.0 Å². The van der Waals surface area contributed by atoms with Gasteiger partial charge in [0.2, 0.25) is 0 Å². The molecule has 1 aromatic rings. The van der Waals surface area contributed by atoms with Crippen molar-refractivity contribution in [2.45, 2.75) is 52.1 Å². The average Bonchev–Trinajstić information content (AvgIpc) is 2.77. The first kappa shape index (κ1) is 13.4. The zero-order valence-corrected chi connectivity index (χ0v) is 11.1. The van der Waals surface area contributed by atoms with E-state index in [9.17, 15) is 0 Å². The number of hydrogen-bond donors (Lipinski definition) is 1. The Labute approximate surface area is 103 Å². The second kappa shape index (κ2) is 7.58. The zero-order valence-electron chi connectivity index (χ0n) is 10.3. The molecule has 0 aliphatic carbocycles. The summed E-state index contributed by atoms with van der Waals surface area (Å²) in [6, 6.07) is 0.588. The lowest BCUT2D eigenvalue weighted by atomic mass is 10.1. The van der Waals surface area contributed by atoms with Crippen molar-refractivity contribution in [3.63, 3.8) is 0 Å². The van der Waals surface area contributed by atoms with Gasteiger partial charge in [-0.25, -0.2) is 4.98 Å². The highest BCUT2D eigenvalue weighted by atomic mass is 32.1. The number of hydrogen-bond acceptors (Lipinski definition) is 3. The van der Waals surface area contributed by atoms with Crippen LogP contribution >= 0.6 is 11.3 Å². The van der Waals surface area contributed by atoms with Crippen molar-refractivity contribution in [1.29, 1.82) is 0 Å². The highest BCUT2D eigenvalue weighted by Gasteiger charge is 2.06. The van der Waals surface area contributed by atoms with Crippen molar-refractivity contribution in [2.75, 3.05) is 0 Å². The quantitative estimate of drug-likeness (QED) is 0.701. The van der Waals surface area contributed by atoms with Crippen LogP contribution in [0.1, 0.15) is 43.8 Å². The van der Waals surface area contributed by atoms with Crippen LogP contribution in [-0.2, 0) is 13.0 Å². The van der Waals surface area contributed by atoms with E-state index in [-0.39, 0.29) is 0 Å². The van der Waals surface area contributed by atoms with Crippen molar-refractivity contribution in [3.05, 3.63) is 28.7 Å². The third-order valence-electron chi connectivity index (χ3n) is 2.69. The van der Waals surface area contributed by atoms with Gasteiger partial charge in [-0.15, -0.1) is 17.9 Å².